The van der Waals surface area contributed by atoms with Crippen molar-refractivity contribution < 1.29 is 9.59 Å². The summed E-state index contributed by atoms with van der Waals surface area (Å²) in [5, 5.41) is 3.50. The number of nitrogens with zero attached hydrogens (tertiary/aromatic N) is 1. The van der Waals surface area contributed by atoms with E-state index in [0.717, 1.165) is 11.3 Å². The van der Waals surface area contributed by atoms with Crippen molar-refractivity contribution in [2.75, 3.05) is 11.4 Å². The van der Waals surface area contributed by atoms with Crippen molar-refractivity contribution in [3.8, 4) is 0 Å². The molecule has 1 aliphatic heterocycles. The van der Waals surface area contributed by atoms with E-state index in [1.165, 1.54) is 0 Å². The molecule has 0 unspecified atom stereocenters. The maximum atomic E-state index is 12.3. The molecule has 0 saturated carbocycles. The summed E-state index contributed by atoms with van der Waals surface area (Å²) >= 11 is 6.08. The predicted molar refractivity (Wildman–Crippen MR) is 90.2 cm³/mol. The van der Waals surface area contributed by atoms with Gasteiger partial charge in [-0.1, -0.05) is 48.0 Å². The zero-order valence-corrected chi connectivity index (χ0v) is 13.3. The molecular weight excluding hydrogens is 312 g/mol. The van der Waals surface area contributed by atoms with E-state index in [1.807, 2.05) is 48.5 Å². The van der Waals surface area contributed by atoms with Gasteiger partial charge in [0, 0.05) is 30.2 Å². The van der Waals surface area contributed by atoms with E-state index in [9.17, 15) is 9.59 Å². The fourth-order valence-electron chi connectivity index (χ4n) is 2.71. The highest BCUT2D eigenvalue weighted by atomic mass is 35.5. The molecule has 1 aliphatic rings. The Balaban J connectivity index is 1.61. The normalized spacial score (nSPS) is 17.3. The summed E-state index contributed by atoms with van der Waals surface area (Å²) in [7, 11) is 0. The molecule has 23 heavy (non-hydrogen) atoms. The maximum absolute atomic E-state index is 12.3. The Hall–Kier alpha value is -2.33. The van der Waals surface area contributed by atoms with Gasteiger partial charge in [0.2, 0.25) is 11.8 Å². The van der Waals surface area contributed by atoms with Crippen LogP contribution >= 0.6 is 11.6 Å². The van der Waals surface area contributed by atoms with E-state index in [-0.39, 0.29) is 24.2 Å². The predicted octanol–water partition coefficient (Wildman–Crippen LogP) is 3.01. The highest BCUT2D eigenvalue weighted by Crippen LogP contribution is 2.25. The number of benzene rings is 2. The Kier molecular flexibility index (Phi) is 4.63. The summed E-state index contributed by atoms with van der Waals surface area (Å²) in [5.41, 5.74) is 1.70. The largest absolute Gasteiger partial charge is 0.352 e. The van der Waals surface area contributed by atoms with Gasteiger partial charge in [-0.2, -0.15) is 0 Å². The van der Waals surface area contributed by atoms with Crippen molar-refractivity contribution in [2.24, 2.45) is 5.92 Å². The molecule has 2 amide bonds. The van der Waals surface area contributed by atoms with E-state index < -0.39 is 0 Å². The second kappa shape index (κ2) is 6.84. The summed E-state index contributed by atoms with van der Waals surface area (Å²) in [6.07, 6.45) is 0.239. The number of anilines is 1. The molecule has 1 N–H and O–H groups in total. The fraction of sp³-hybridized carbons (Fsp3) is 0.222. The SMILES string of the molecule is O=C(NCc1ccccc1Cl)[C@@H]1CC(=O)N(c2ccccc2)C1. The van der Waals surface area contributed by atoms with Gasteiger partial charge in [-0.3, -0.25) is 9.59 Å². The van der Waals surface area contributed by atoms with Crippen molar-refractivity contribution in [1.29, 1.82) is 0 Å². The van der Waals surface area contributed by atoms with Gasteiger partial charge in [0.1, 0.15) is 0 Å². The molecule has 1 heterocycles. The van der Waals surface area contributed by atoms with Crippen LogP contribution in [0.5, 0.6) is 0 Å². The Morgan fingerprint density at radius 3 is 2.57 bits per heavy atom. The molecule has 1 fully saturated rings. The Morgan fingerprint density at radius 1 is 1.13 bits per heavy atom. The van der Waals surface area contributed by atoms with Gasteiger partial charge in [0.05, 0.1) is 5.92 Å². The molecule has 4 nitrogen and oxygen atoms in total. The lowest BCUT2D eigenvalue weighted by atomic mass is 10.1. The Morgan fingerprint density at radius 2 is 1.83 bits per heavy atom. The minimum atomic E-state index is -0.329. The van der Waals surface area contributed by atoms with Crippen molar-refractivity contribution >= 4 is 29.1 Å². The monoisotopic (exact) mass is 328 g/mol. The first-order valence-corrected chi connectivity index (χ1v) is 7.89. The van der Waals surface area contributed by atoms with Crippen LogP contribution in [0.1, 0.15) is 12.0 Å². The number of carbonyl (C=O) groups is 2. The third-order valence-electron chi connectivity index (χ3n) is 3.97. The molecule has 5 heteroatoms. The summed E-state index contributed by atoms with van der Waals surface area (Å²) in [6, 6.07) is 16.8. The van der Waals surface area contributed by atoms with Crippen molar-refractivity contribution in [1.82, 2.24) is 5.32 Å². The van der Waals surface area contributed by atoms with Crippen LogP contribution in [-0.2, 0) is 16.1 Å². The summed E-state index contributed by atoms with van der Waals surface area (Å²) in [5.74, 6) is -0.462. The average molecular weight is 329 g/mol. The molecular formula is C18H17ClN2O2. The number of carbonyl (C=O) groups excluding carboxylic acids is 2. The summed E-state index contributed by atoms with van der Waals surface area (Å²) in [6.45, 7) is 0.783. The van der Waals surface area contributed by atoms with Crippen molar-refractivity contribution in [3.63, 3.8) is 0 Å². The number of rotatable bonds is 4. The van der Waals surface area contributed by atoms with Gasteiger partial charge < -0.3 is 10.2 Å². The minimum absolute atomic E-state index is 0.0194. The number of nitrogens with one attached hydrogen (secondary N) is 1. The zero-order valence-electron chi connectivity index (χ0n) is 12.5. The number of hydrogen-bond acceptors (Lipinski definition) is 2. The molecule has 1 atom stereocenters. The standard InChI is InChI=1S/C18H17ClN2O2/c19-16-9-5-4-6-13(16)11-20-18(23)14-10-17(22)21(12-14)15-7-2-1-3-8-15/h1-9,14H,10-12H2,(H,20,23)/t14-/m1/s1. The number of halogens is 1. The number of para-hydroxylation sites is 1. The van der Waals surface area contributed by atoms with Crippen molar-refractivity contribution in [2.45, 2.75) is 13.0 Å². The molecule has 0 radical (unpaired) electrons. The second-order valence-electron chi connectivity index (χ2n) is 5.55. The highest BCUT2D eigenvalue weighted by Gasteiger charge is 2.34. The molecule has 2 aromatic carbocycles. The fourth-order valence-corrected chi connectivity index (χ4v) is 2.91. The van der Waals surface area contributed by atoms with Gasteiger partial charge in [0.25, 0.3) is 0 Å². The molecule has 0 aliphatic carbocycles. The molecule has 0 aromatic heterocycles. The first-order chi connectivity index (χ1) is 11.1. The smallest absolute Gasteiger partial charge is 0.227 e. The zero-order chi connectivity index (χ0) is 16.2. The van der Waals surface area contributed by atoms with E-state index in [1.54, 1.807) is 11.0 Å². The van der Waals surface area contributed by atoms with Gasteiger partial charge in [-0.05, 0) is 23.8 Å². The quantitative estimate of drug-likeness (QED) is 0.938. The maximum Gasteiger partial charge on any atom is 0.227 e. The number of hydrogen-bond donors (Lipinski definition) is 1. The molecule has 3 rings (SSSR count). The van der Waals surface area contributed by atoms with Gasteiger partial charge in [-0.25, -0.2) is 0 Å². The van der Waals surface area contributed by atoms with Crippen LogP contribution in [-0.4, -0.2) is 18.4 Å². The lowest BCUT2D eigenvalue weighted by Crippen LogP contribution is -2.32. The average Bonchev–Trinajstić information content (AvgIpc) is 2.96. The van der Waals surface area contributed by atoms with Crippen molar-refractivity contribution in [3.05, 3.63) is 65.2 Å². The molecule has 0 spiro atoms. The van der Waals surface area contributed by atoms with Gasteiger partial charge in [0.15, 0.2) is 0 Å². The van der Waals surface area contributed by atoms with Crippen LogP contribution in [0.2, 0.25) is 5.02 Å². The summed E-state index contributed by atoms with van der Waals surface area (Å²) < 4.78 is 0. The van der Waals surface area contributed by atoms with E-state index >= 15 is 0 Å². The Labute approximate surface area is 140 Å². The molecule has 2 aromatic rings. The number of amides is 2. The topological polar surface area (TPSA) is 49.4 Å². The minimum Gasteiger partial charge on any atom is -0.352 e. The Bertz CT molecular complexity index is 718. The first-order valence-electron chi connectivity index (χ1n) is 7.51. The third-order valence-corrected chi connectivity index (χ3v) is 4.34. The lowest BCUT2D eigenvalue weighted by molar-refractivity contribution is -0.126. The van der Waals surface area contributed by atoms with Gasteiger partial charge in [-0.15, -0.1) is 0 Å². The van der Waals surface area contributed by atoms with E-state index in [4.69, 9.17) is 11.6 Å². The van der Waals surface area contributed by atoms with Crippen LogP contribution in [0.3, 0.4) is 0 Å². The summed E-state index contributed by atoms with van der Waals surface area (Å²) in [4.78, 5) is 26.1. The molecule has 118 valence electrons. The van der Waals surface area contributed by atoms with Crippen LogP contribution in [0.4, 0.5) is 5.69 Å². The lowest BCUT2D eigenvalue weighted by Gasteiger charge is -2.16. The van der Waals surface area contributed by atoms with E-state index in [0.29, 0.717) is 18.1 Å². The molecule has 0 bridgehead atoms. The second-order valence-corrected chi connectivity index (χ2v) is 5.96. The molecule has 1 saturated heterocycles. The van der Waals surface area contributed by atoms with Crippen LogP contribution in [0, 0.1) is 5.92 Å². The van der Waals surface area contributed by atoms with Crippen LogP contribution < -0.4 is 10.2 Å². The third kappa shape index (κ3) is 3.54. The highest BCUT2D eigenvalue weighted by molar-refractivity contribution is 6.31. The first kappa shape index (κ1) is 15.6. The van der Waals surface area contributed by atoms with Crippen LogP contribution in [0.25, 0.3) is 0 Å². The van der Waals surface area contributed by atoms with Gasteiger partial charge >= 0.3 is 0 Å². The van der Waals surface area contributed by atoms with E-state index in [2.05, 4.69) is 5.32 Å². The van der Waals surface area contributed by atoms with Crippen LogP contribution in [0.15, 0.2) is 54.6 Å².